The van der Waals surface area contributed by atoms with Crippen LogP contribution in [0.25, 0.3) is 0 Å². The monoisotopic (exact) mass is 282 g/mol. The van der Waals surface area contributed by atoms with E-state index in [0.29, 0.717) is 12.2 Å². The number of aryl methyl sites for hydroxylation is 1. The number of rotatable bonds is 3. The van der Waals surface area contributed by atoms with Crippen LogP contribution in [0.15, 0.2) is 30.3 Å². The standard InChI is InChI=1S/C15H17F3N2/c1-10-8-12(11(2)20(10)3)9-19-14-6-4-13(5-7-14)15(16,17)18/h4-8,19H,9H2,1-3H3. The van der Waals surface area contributed by atoms with E-state index in [-0.39, 0.29) is 0 Å². The van der Waals surface area contributed by atoms with E-state index in [9.17, 15) is 13.2 Å². The number of alkyl halides is 3. The van der Waals surface area contributed by atoms with Crippen LogP contribution in [0.3, 0.4) is 0 Å². The number of anilines is 1. The van der Waals surface area contributed by atoms with E-state index < -0.39 is 11.7 Å². The topological polar surface area (TPSA) is 17.0 Å². The predicted molar refractivity (Wildman–Crippen MR) is 73.7 cm³/mol. The van der Waals surface area contributed by atoms with Gasteiger partial charge in [-0.2, -0.15) is 13.2 Å². The first kappa shape index (κ1) is 14.5. The lowest BCUT2D eigenvalue weighted by Crippen LogP contribution is -2.05. The zero-order chi connectivity index (χ0) is 14.9. The zero-order valence-corrected chi connectivity index (χ0v) is 11.7. The van der Waals surface area contributed by atoms with Crippen LogP contribution in [0.5, 0.6) is 0 Å². The third kappa shape index (κ3) is 2.98. The molecule has 2 aromatic rings. The van der Waals surface area contributed by atoms with Crippen LogP contribution in [0.2, 0.25) is 0 Å². The quantitative estimate of drug-likeness (QED) is 0.889. The molecule has 5 heteroatoms. The van der Waals surface area contributed by atoms with Gasteiger partial charge < -0.3 is 9.88 Å². The predicted octanol–water partition coefficient (Wildman–Crippen LogP) is 4.27. The number of nitrogens with zero attached hydrogens (tertiary/aromatic N) is 1. The molecule has 1 heterocycles. The van der Waals surface area contributed by atoms with Gasteiger partial charge in [-0.25, -0.2) is 0 Å². The van der Waals surface area contributed by atoms with Crippen molar-refractivity contribution >= 4 is 5.69 Å². The summed E-state index contributed by atoms with van der Waals surface area (Å²) >= 11 is 0. The lowest BCUT2D eigenvalue weighted by Gasteiger charge is -2.09. The van der Waals surface area contributed by atoms with Crippen molar-refractivity contribution in [2.24, 2.45) is 7.05 Å². The van der Waals surface area contributed by atoms with Gasteiger partial charge in [0.1, 0.15) is 0 Å². The van der Waals surface area contributed by atoms with Crippen LogP contribution in [-0.2, 0) is 19.8 Å². The fraction of sp³-hybridized carbons (Fsp3) is 0.333. The Labute approximate surface area is 116 Å². The zero-order valence-electron chi connectivity index (χ0n) is 11.7. The fourth-order valence-corrected chi connectivity index (χ4v) is 2.09. The van der Waals surface area contributed by atoms with Gasteiger partial charge in [0.05, 0.1) is 5.56 Å². The molecular weight excluding hydrogens is 265 g/mol. The number of halogens is 3. The molecule has 0 amide bonds. The molecule has 0 spiro atoms. The summed E-state index contributed by atoms with van der Waals surface area (Å²) in [4.78, 5) is 0. The fourth-order valence-electron chi connectivity index (χ4n) is 2.09. The smallest absolute Gasteiger partial charge is 0.381 e. The molecule has 20 heavy (non-hydrogen) atoms. The third-order valence-electron chi connectivity index (χ3n) is 3.58. The van der Waals surface area contributed by atoms with Crippen molar-refractivity contribution in [3.8, 4) is 0 Å². The molecule has 0 aliphatic rings. The molecule has 1 N–H and O–H groups in total. The molecule has 0 radical (unpaired) electrons. The lowest BCUT2D eigenvalue weighted by atomic mass is 10.2. The third-order valence-corrected chi connectivity index (χ3v) is 3.58. The molecule has 0 saturated heterocycles. The molecule has 108 valence electrons. The van der Waals surface area contributed by atoms with Crippen LogP contribution in [0, 0.1) is 13.8 Å². The number of aromatic nitrogens is 1. The lowest BCUT2D eigenvalue weighted by molar-refractivity contribution is -0.137. The van der Waals surface area contributed by atoms with Crippen molar-refractivity contribution in [3.63, 3.8) is 0 Å². The maximum absolute atomic E-state index is 12.4. The second-order valence-corrected chi connectivity index (χ2v) is 4.88. The summed E-state index contributed by atoms with van der Waals surface area (Å²) in [6, 6.07) is 7.16. The summed E-state index contributed by atoms with van der Waals surface area (Å²) in [6.45, 7) is 4.64. The van der Waals surface area contributed by atoms with Crippen molar-refractivity contribution in [1.82, 2.24) is 4.57 Å². The Bertz CT molecular complexity index is 595. The number of hydrogen-bond donors (Lipinski definition) is 1. The molecule has 2 rings (SSSR count). The van der Waals surface area contributed by atoms with Gasteiger partial charge in [-0.1, -0.05) is 0 Å². The van der Waals surface area contributed by atoms with Crippen molar-refractivity contribution in [3.05, 3.63) is 52.8 Å². The Hall–Kier alpha value is -1.91. The molecule has 0 bridgehead atoms. The SMILES string of the molecule is Cc1cc(CNc2ccc(C(F)(F)F)cc2)c(C)n1C. The first-order valence-corrected chi connectivity index (χ1v) is 6.32. The summed E-state index contributed by atoms with van der Waals surface area (Å²) in [5.41, 5.74) is 3.51. The van der Waals surface area contributed by atoms with Gasteiger partial charge in [-0.05, 0) is 49.7 Å². The summed E-state index contributed by atoms with van der Waals surface area (Å²) < 4.78 is 39.4. The largest absolute Gasteiger partial charge is 0.416 e. The van der Waals surface area contributed by atoms with Gasteiger partial charge in [0, 0.05) is 30.7 Å². The van der Waals surface area contributed by atoms with E-state index in [1.807, 2.05) is 20.9 Å². The molecule has 1 aromatic heterocycles. The second kappa shape index (κ2) is 5.23. The first-order chi connectivity index (χ1) is 9.29. The van der Waals surface area contributed by atoms with Gasteiger partial charge in [0.15, 0.2) is 0 Å². The minimum Gasteiger partial charge on any atom is -0.381 e. The van der Waals surface area contributed by atoms with E-state index in [2.05, 4.69) is 16.0 Å². The van der Waals surface area contributed by atoms with Crippen LogP contribution >= 0.6 is 0 Å². The molecule has 0 atom stereocenters. The molecule has 0 aliphatic heterocycles. The van der Waals surface area contributed by atoms with Crippen molar-refractivity contribution in [2.45, 2.75) is 26.6 Å². The van der Waals surface area contributed by atoms with Crippen molar-refractivity contribution in [2.75, 3.05) is 5.32 Å². The van der Waals surface area contributed by atoms with E-state index in [4.69, 9.17) is 0 Å². The minimum atomic E-state index is -4.29. The molecule has 0 aliphatic carbocycles. The van der Waals surface area contributed by atoms with Crippen LogP contribution < -0.4 is 5.32 Å². The Kier molecular flexibility index (Phi) is 3.79. The maximum Gasteiger partial charge on any atom is 0.416 e. The highest BCUT2D eigenvalue weighted by Gasteiger charge is 2.29. The summed E-state index contributed by atoms with van der Waals surface area (Å²) in [6.07, 6.45) is -4.29. The number of benzene rings is 1. The van der Waals surface area contributed by atoms with Crippen molar-refractivity contribution < 1.29 is 13.2 Å². The molecule has 0 saturated carbocycles. The van der Waals surface area contributed by atoms with Crippen LogP contribution in [0.4, 0.5) is 18.9 Å². The number of hydrogen-bond acceptors (Lipinski definition) is 1. The Balaban J connectivity index is 2.06. The maximum atomic E-state index is 12.4. The molecule has 2 nitrogen and oxygen atoms in total. The minimum absolute atomic E-state index is 0.596. The van der Waals surface area contributed by atoms with E-state index >= 15 is 0 Å². The van der Waals surface area contributed by atoms with Crippen LogP contribution in [0.1, 0.15) is 22.5 Å². The average Bonchev–Trinajstić information content (AvgIpc) is 2.63. The number of nitrogens with one attached hydrogen (secondary N) is 1. The normalized spacial score (nSPS) is 11.7. The highest BCUT2D eigenvalue weighted by atomic mass is 19.4. The van der Waals surface area contributed by atoms with E-state index in [1.165, 1.54) is 12.1 Å². The summed E-state index contributed by atoms with van der Waals surface area (Å²) in [7, 11) is 1.99. The van der Waals surface area contributed by atoms with Gasteiger partial charge in [0.2, 0.25) is 0 Å². The Morgan fingerprint density at radius 2 is 1.70 bits per heavy atom. The molecule has 1 aromatic carbocycles. The van der Waals surface area contributed by atoms with Gasteiger partial charge >= 0.3 is 6.18 Å². The van der Waals surface area contributed by atoms with Crippen LogP contribution in [-0.4, -0.2) is 4.57 Å². The van der Waals surface area contributed by atoms with E-state index in [1.54, 1.807) is 0 Å². The average molecular weight is 282 g/mol. The second-order valence-electron chi connectivity index (χ2n) is 4.88. The van der Waals surface area contributed by atoms with Gasteiger partial charge in [-0.15, -0.1) is 0 Å². The molecule has 0 fully saturated rings. The Morgan fingerprint density at radius 1 is 1.10 bits per heavy atom. The van der Waals surface area contributed by atoms with Gasteiger partial charge in [-0.3, -0.25) is 0 Å². The molecular formula is C15H17F3N2. The van der Waals surface area contributed by atoms with Gasteiger partial charge in [0.25, 0.3) is 0 Å². The summed E-state index contributed by atoms with van der Waals surface area (Å²) in [5.74, 6) is 0. The Morgan fingerprint density at radius 3 is 2.15 bits per heavy atom. The van der Waals surface area contributed by atoms with E-state index in [0.717, 1.165) is 29.1 Å². The molecule has 0 unspecified atom stereocenters. The highest BCUT2D eigenvalue weighted by Crippen LogP contribution is 2.29. The summed E-state index contributed by atoms with van der Waals surface area (Å²) in [5, 5.41) is 3.14. The van der Waals surface area contributed by atoms with Crippen molar-refractivity contribution in [1.29, 1.82) is 0 Å². The highest BCUT2D eigenvalue weighted by molar-refractivity contribution is 5.46. The first-order valence-electron chi connectivity index (χ1n) is 6.32.